The van der Waals surface area contributed by atoms with E-state index in [2.05, 4.69) is 26.1 Å². The molecule has 7 heteroatoms. The van der Waals surface area contributed by atoms with Gasteiger partial charge in [0.05, 0.1) is 0 Å². The lowest BCUT2D eigenvalue weighted by Crippen LogP contribution is -1.91. The van der Waals surface area contributed by atoms with Gasteiger partial charge in [0.1, 0.15) is 0 Å². The van der Waals surface area contributed by atoms with E-state index in [-0.39, 0.29) is 11.3 Å². The Morgan fingerprint density at radius 1 is 1.05 bits per heavy atom. The van der Waals surface area contributed by atoms with E-state index in [1.165, 1.54) is 12.1 Å². The Labute approximate surface area is 137 Å². The van der Waals surface area contributed by atoms with Gasteiger partial charge in [-0.15, -0.1) is 10.2 Å². The minimum Gasteiger partial charge on any atom is -0.411 e. The summed E-state index contributed by atoms with van der Waals surface area (Å²) in [6.07, 6.45) is 0. The number of thioether (sulfide) groups is 1. The van der Waals surface area contributed by atoms with Crippen molar-refractivity contribution < 1.29 is 13.2 Å². The van der Waals surface area contributed by atoms with E-state index in [4.69, 9.17) is 4.42 Å². The second-order valence-corrected chi connectivity index (χ2v) is 6.22. The first-order valence-corrected chi connectivity index (χ1v) is 8.06. The highest BCUT2D eigenvalue weighted by Gasteiger charge is 2.12. The average molecular weight is 383 g/mol. The van der Waals surface area contributed by atoms with Crippen molar-refractivity contribution in [1.82, 2.24) is 10.2 Å². The maximum Gasteiger partial charge on any atom is 0.277 e. The zero-order chi connectivity index (χ0) is 15.5. The summed E-state index contributed by atoms with van der Waals surface area (Å²) in [5, 5.41) is 8.16. The lowest BCUT2D eigenvalue weighted by atomic mass is 10.2. The Morgan fingerprint density at radius 2 is 1.82 bits per heavy atom. The molecular weight excluding hydrogens is 374 g/mol. The summed E-state index contributed by atoms with van der Waals surface area (Å²) < 4.78 is 33.1. The largest absolute Gasteiger partial charge is 0.411 e. The van der Waals surface area contributed by atoms with Crippen LogP contribution < -0.4 is 0 Å². The third kappa shape index (κ3) is 3.36. The van der Waals surface area contributed by atoms with Crippen molar-refractivity contribution in [3.63, 3.8) is 0 Å². The third-order valence-corrected chi connectivity index (χ3v) is 4.28. The summed E-state index contributed by atoms with van der Waals surface area (Å²) in [5.41, 5.74) is 1.05. The van der Waals surface area contributed by atoms with Crippen molar-refractivity contribution in [3.8, 4) is 11.5 Å². The molecule has 0 unspecified atom stereocenters. The van der Waals surface area contributed by atoms with E-state index in [1.807, 2.05) is 24.3 Å². The topological polar surface area (TPSA) is 38.9 Å². The molecule has 0 aliphatic rings. The summed E-state index contributed by atoms with van der Waals surface area (Å²) in [5.74, 6) is -1.11. The van der Waals surface area contributed by atoms with Gasteiger partial charge in [0.25, 0.3) is 5.22 Å². The molecule has 1 heterocycles. The number of nitrogens with zero attached hydrogens (tertiary/aromatic N) is 2. The molecular formula is C15H9BrF2N2OS. The highest BCUT2D eigenvalue weighted by molar-refractivity contribution is 9.10. The molecule has 0 bridgehead atoms. The first kappa shape index (κ1) is 15.2. The van der Waals surface area contributed by atoms with Gasteiger partial charge in [-0.25, -0.2) is 8.78 Å². The Morgan fingerprint density at radius 3 is 2.59 bits per heavy atom. The normalized spacial score (nSPS) is 10.9. The van der Waals surface area contributed by atoms with Crippen LogP contribution in [0.5, 0.6) is 0 Å². The predicted octanol–water partition coefficient (Wildman–Crippen LogP) is 5.07. The van der Waals surface area contributed by atoms with Crippen LogP contribution in [-0.2, 0) is 5.75 Å². The number of rotatable bonds is 4. The smallest absolute Gasteiger partial charge is 0.277 e. The van der Waals surface area contributed by atoms with Crippen LogP contribution >= 0.6 is 27.7 Å². The first-order valence-electron chi connectivity index (χ1n) is 6.28. The lowest BCUT2D eigenvalue weighted by Gasteiger charge is -2.01. The Balaban J connectivity index is 1.72. The monoisotopic (exact) mass is 382 g/mol. The number of hydrogen-bond donors (Lipinski definition) is 0. The van der Waals surface area contributed by atoms with E-state index in [0.29, 0.717) is 11.1 Å². The predicted molar refractivity (Wildman–Crippen MR) is 83.4 cm³/mol. The molecule has 3 aromatic rings. The summed E-state index contributed by atoms with van der Waals surface area (Å²) in [7, 11) is 0. The number of hydrogen-bond acceptors (Lipinski definition) is 4. The maximum absolute atomic E-state index is 13.6. The highest BCUT2D eigenvalue weighted by atomic mass is 79.9. The van der Waals surface area contributed by atoms with E-state index < -0.39 is 11.6 Å². The van der Waals surface area contributed by atoms with Crippen molar-refractivity contribution in [3.05, 3.63) is 64.1 Å². The summed E-state index contributed by atoms with van der Waals surface area (Å²) in [4.78, 5) is 0. The summed E-state index contributed by atoms with van der Waals surface area (Å²) in [6, 6.07) is 11.5. The van der Waals surface area contributed by atoms with E-state index >= 15 is 0 Å². The second kappa shape index (κ2) is 6.58. The standard InChI is InChI=1S/C15H9BrF2N2OS/c16-11-6-4-9(5-7-11)14-19-20-15(21-14)22-8-10-2-1-3-12(17)13(10)18/h1-7H,8H2. The van der Waals surface area contributed by atoms with Crippen molar-refractivity contribution in [2.45, 2.75) is 11.0 Å². The average Bonchev–Trinajstić information content (AvgIpc) is 2.98. The van der Waals surface area contributed by atoms with Crippen LogP contribution in [0, 0.1) is 11.6 Å². The molecule has 0 aliphatic carbocycles. The molecule has 3 rings (SSSR count). The number of halogens is 3. The second-order valence-electron chi connectivity index (χ2n) is 4.38. The molecule has 0 aliphatic heterocycles. The molecule has 112 valence electrons. The van der Waals surface area contributed by atoms with Crippen LogP contribution in [-0.4, -0.2) is 10.2 Å². The SMILES string of the molecule is Fc1cccc(CSc2nnc(-c3ccc(Br)cc3)o2)c1F. The molecule has 0 saturated carbocycles. The molecule has 0 N–H and O–H groups in total. The van der Waals surface area contributed by atoms with Gasteiger partial charge < -0.3 is 4.42 Å². The fraction of sp³-hybridized carbons (Fsp3) is 0.0667. The van der Waals surface area contributed by atoms with Crippen LogP contribution in [0.2, 0.25) is 0 Å². The van der Waals surface area contributed by atoms with Crippen molar-refractivity contribution in [2.75, 3.05) is 0 Å². The van der Waals surface area contributed by atoms with Crippen molar-refractivity contribution >= 4 is 27.7 Å². The molecule has 0 amide bonds. The van der Waals surface area contributed by atoms with Gasteiger partial charge in [0.2, 0.25) is 5.89 Å². The molecule has 0 radical (unpaired) electrons. The van der Waals surface area contributed by atoms with Crippen LogP contribution in [0.3, 0.4) is 0 Å². The molecule has 2 aromatic carbocycles. The van der Waals surface area contributed by atoms with Crippen LogP contribution in [0.25, 0.3) is 11.5 Å². The fourth-order valence-electron chi connectivity index (χ4n) is 1.78. The van der Waals surface area contributed by atoms with E-state index in [0.717, 1.165) is 27.9 Å². The van der Waals surface area contributed by atoms with E-state index in [1.54, 1.807) is 0 Å². The Bertz CT molecular complexity index is 792. The van der Waals surface area contributed by atoms with Gasteiger partial charge in [-0.3, -0.25) is 0 Å². The van der Waals surface area contributed by atoms with E-state index in [9.17, 15) is 8.78 Å². The molecule has 3 nitrogen and oxygen atoms in total. The molecule has 0 saturated heterocycles. The molecule has 1 aromatic heterocycles. The first-order chi connectivity index (χ1) is 10.6. The Kier molecular flexibility index (Phi) is 4.54. The van der Waals surface area contributed by atoms with Gasteiger partial charge in [0.15, 0.2) is 11.6 Å². The summed E-state index contributed by atoms with van der Waals surface area (Å²) in [6.45, 7) is 0. The molecule has 0 fully saturated rings. The van der Waals surface area contributed by atoms with Crippen LogP contribution in [0.1, 0.15) is 5.56 Å². The number of aromatic nitrogens is 2. The van der Waals surface area contributed by atoms with Crippen molar-refractivity contribution in [2.24, 2.45) is 0 Å². The minimum absolute atomic E-state index is 0.214. The van der Waals surface area contributed by atoms with Gasteiger partial charge in [-0.1, -0.05) is 39.8 Å². The molecule has 0 atom stereocenters. The van der Waals surface area contributed by atoms with Crippen LogP contribution in [0.4, 0.5) is 8.78 Å². The van der Waals surface area contributed by atoms with Gasteiger partial charge in [-0.2, -0.15) is 0 Å². The molecule has 0 spiro atoms. The minimum atomic E-state index is -0.862. The Hall–Kier alpha value is -1.73. The quantitative estimate of drug-likeness (QED) is 0.590. The van der Waals surface area contributed by atoms with Gasteiger partial charge in [0, 0.05) is 21.4 Å². The van der Waals surface area contributed by atoms with Crippen LogP contribution in [0.15, 0.2) is 56.6 Å². The molecule has 22 heavy (non-hydrogen) atoms. The number of benzene rings is 2. The fourth-order valence-corrected chi connectivity index (χ4v) is 2.78. The third-order valence-electron chi connectivity index (χ3n) is 2.88. The van der Waals surface area contributed by atoms with Crippen molar-refractivity contribution in [1.29, 1.82) is 0 Å². The van der Waals surface area contributed by atoms with Gasteiger partial charge >= 0.3 is 0 Å². The zero-order valence-corrected chi connectivity index (χ0v) is 13.5. The lowest BCUT2D eigenvalue weighted by molar-refractivity contribution is 0.465. The maximum atomic E-state index is 13.6. The summed E-state index contributed by atoms with van der Waals surface area (Å²) >= 11 is 4.51. The highest BCUT2D eigenvalue weighted by Crippen LogP contribution is 2.27. The zero-order valence-electron chi connectivity index (χ0n) is 11.1. The van der Waals surface area contributed by atoms with Gasteiger partial charge in [-0.05, 0) is 30.3 Å².